The molecule has 1 aromatic carbocycles. The summed E-state index contributed by atoms with van der Waals surface area (Å²) < 4.78 is 0. The van der Waals surface area contributed by atoms with Gasteiger partial charge in [0.25, 0.3) is 5.91 Å². The molecule has 110 valence electrons. The Morgan fingerprint density at radius 2 is 2.00 bits per heavy atom. The Hall–Kier alpha value is -1.42. The van der Waals surface area contributed by atoms with Crippen molar-refractivity contribution in [3.05, 3.63) is 34.9 Å². The van der Waals surface area contributed by atoms with Gasteiger partial charge >= 0.3 is 0 Å². The largest absolute Gasteiger partial charge is 0.393 e. The summed E-state index contributed by atoms with van der Waals surface area (Å²) in [6, 6.07) is 5.96. The monoisotopic (exact) mass is 292 g/mol. The Morgan fingerprint density at radius 3 is 2.55 bits per heavy atom. The van der Waals surface area contributed by atoms with Crippen LogP contribution in [0.3, 0.4) is 0 Å². The van der Waals surface area contributed by atoms with Gasteiger partial charge in [0.2, 0.25) is 0 Å². The van der Waals surface area contributed by atoms with Crippen molar-refractivity contribution in [1.29, 1.82) is 0 Å². The zero-order valence-electron chi connectivity index (χ0n) is 12.8. The van der Waals surface area contributed by atoms with E-state index in [2.05, 4.69) is 13.8 Å². The summed E-state index contributed by atoms with van der Waals surface area (Å²) in [5, 5.41) is 0. The topological polar surface area (TPSA) is 46.3 Å². The number of hydrogen-bond acceptors (Lipinski definition) is 2. The average molecular weight is 292 g/mol. The lowest BCUT2D eigenvalue weighted by molar-refractivity contribution is 0.0740. The van der Waals surface area contributed by atoms with E-state index in [-0.39, 0.29) is 5.91 Å². The average Bonchev–Trinajstić information content (AvgIpc) is 2.36. The number of aryl methyl sites for hydroxylation is 2. The van der Waals surface area contributed by atoms with E-state index in [0.29, 0.717) is 23.9 Å². The van der Waals surface area contributed by atoms with Crippen LogP contribution in [0, 0.1) is 19.8 Å². The predicted molar refractivity (Wildman–Crippen MR) is 88.1 cm³/mol. The molecule has 0 spiro atoms. The number of nitrogens with zero attached hydrogens (tertiary/aromatic N) is 1. The van der Waals surface area contributed by atoms with Crippen LogP contribution in [-0.4, -0.2) is 28.9 Å². The summed E-state index contributed by atoms with van der Waals surface area (Å²) in [5.41, 5.74) is 8.43. The van der Waals surface area contributed by atoms with Gasteiger partial charge in [-0.25, -0.2) is 0 Å². The van der Waals surface area contributed by atoms with E-state index in [1.54, 1.807) is 0 Å². The van der Waals surface area contributed by atoms with Crippen molar-refractivity contribution in [2.45, 2.75) is 34.1 Å². The number of amides is 1. The predicted octanol–water partition coefficient (Wildman–Crippen LogP) is 3.08. The second-order valence-corrected chi connectivity index (χ2v) is 6.20. The van der Waals surface area contributed by atoms with Crippen LogP contribution in [-0.2, 0) is 0 Å². The fourth-order valence-corrected chi connectivity index (χ4v) is 2.19. The minimum Gasteiger partial charge on any atom is -0.393 e. The van der Waals surface area contributed by atoms with Crippen molar-refractivity contribution in [1.82, 2.24) is 4.90 Å². The first-order chi connectivity index (χ1) is 9.31. The van der Waals surface area contributed by atoms with Crippen LogP contribution in [0.5, 0.6) is 0 Å². The van der Waals surface area contributed by atoms with Gasteiger partial charge in [0.15, 0.2) is 0 Å². The Labute approximate surface area is 127 Å². The van der Waals surface area contributed by atoms with Crippen molar-refractivity contribution in [2.75, 3.05) is 13.1 Å². The molecule has 0 bridgehead atoms. The fraction of sp³-hybridized carbons (Fsp3) is 0.500. The third-order valence-corrected chi connectivity index (χ3v) is 3.33. The first-order valence-electron chi connectivity index (χ1n) is 6.96. The van der Waals surface area contributed by atoms with Gasteiger partial charge < -0.3 is 10.6 Å². The third kappa shape index (κ3) is 4.93. The van der Waals surface area contributed by atoms with Crippen LogP contribution in [0.25, 0.3) is 0 Å². The number of rotatable bonds is 6. The normalized spacial score (nSPS) is 10.7. The second kappa shape index (κ2) is 7.39. The minimum absolute atomic E-state index is 0.0659. The number of benzene rings is 1. The molecule has 0 heterocycles. The number of thiocarbonyl (C=S) groups is 1. The van der Waals surface area contributed by atoms with Crippen LogP contribution in [0.15, 0.2) is 18.2 Å². The first-order valence-corrected chi connectivity index (χ1v) is 7.37. The van der Waals surface area contributed by atoms with Gasteiger partial charge in [0.1, 0.15) is 0 Å². The lowest BCUT2D eigenvalue weighted by Gasteiger charge is -2.25. The number of carbonyl (C=O) groups excluding carboxylic acids is 1. The van der Waals surface area contributed by atoms with Crippen LogP contribution in [0.2, 0.25) is 0 Å². The molecule has 0 fully saturated rings. The van der Waals surface area contributed by atoms with E-state index in [4.69, 9.17) is 18.0 Å². The van der Waals surface area contributed by atoms with Gasteiger partial charge in [-0.1, -0.05) is 43.8 Å². The molecule has 2 N–H and O–H groups in total. The van der Waals surface area contributed by atoms with Crippen molar-refractivity contribution in [2.24, 2.45) is 11.7 Å². The number of nitrogens with two attached hydrogens (primary N) is 1. The van der Waals surface area contributed by atoms with Crippen LogP contribution < -0.4 is 5.73 Å². The lowest BCUT2D eigenvalue weighted by atomic mass is 10.0. The molecule has 0 unspecified atom stereocenters. The van der Waals surface area contributed by atoms with E-state index in [1.165, 1.54) is 0 Å². The number of carbonyl (C=O) groups is 1. The zero-order valence-corrected chi connectivity index (χ0v) is 13.6. The van der Waals surface area contributed by atoms with E-state index >= 15 is 0 Å². The molecule has 0 radical (unpaired) electrons. The highest BCUT2D eigenvalue weighted by atomic mass is 32.1. The summed E-state index contributed by atoms with van der Waals surface area (Å²) in [7, 11) is 0. The molecule has 0 atom stereocenters. The minimum atomic E-state index is 0.0659. The number of hydrogen-bond donors (Lipinski definition) is 1. The fourth-order valence-electron chi connectivity index (χ4n) is 2.10. The molecule has 1 aromatic rings. The maximum atomic E-state index is 12.7. The molecular formula is C16H24N2OS. The molecule has 0 aromatic heterocycles. The van der Waals surface area contributed by atoms with Crippen molar-refractivity contribution < 1.29 is 4.79 Å². The second-order valence-electron chi connectivity index (χ2n) is 5.68. The summed E-state index contributed by atoms with van der Waals surface area (Å²) in [4.78, 5) is 15.0. The van der Waals surface area contributed by atoms with Crippen molar-refractivity contribution >= 4 is 23.1 Å². The Morgan fingerprint density at radius 1 is 1.35 bits per heavy atom. The summed E-state index contributed by atoms with van der Waals surface area (Å²) >= 11 is 4.92. The highest BCUT2D eigenvalue weighted by Crippen LogP contribution is 2.15. The van der Waals surface area contributed by atoms with E-state index < -0.39 is 0 Å². The van der Waals surface area contributed by atoms with Gasteiger partial charge in [-0.05, 0) is 31.4 Å². The van der Waals surface area contributed by atoms with E-state index in [0.717, 1.165) is 23.2 Å². The van der Waals surface area contributed by atoms with Crippen LogP contribution in [0.1, 0.15) is 41.8 Å². The molecule has 1 rings (SSSR count). The summed E-state index contributed by atoms with van der Waals surface area (Å²) in [6.07, 6.45) is 0.568. The molecule has 0 aliphatic rings. The highest BCUT2D eigenvalue weighted by molar-refractivity contribution is 7.80. The molecule has 0 aliphatic carbocycles. The van der Waals surface area contributed by atoms with Crippen LogP contribution in [0.4, 0.5) is 0 Å². The Bertz CT molecular complexity index is 497. The SMILES string of the molecule is Cc1ccc(C)c(C(=O)N(CCC(N)=S)CC(C)C)c1. The molecule has 0 saturated carbocycles. The van der Waals surface area contributed by atoms with Gasteiger partial charge in [0, 0.05) is 25.1 Å². The van der Waals surface area contributed by atoms with Crippen molar-refractivity contribution in [3.63, 3.8) is 0 Å². The Balaban J connectivity index is 2.96. The van der Waals surface area contributed by atoms with E-state index in [1.807, 2.05) is 36.9 Å². The Kier molecular flexibility index (Phi) is 6.14. The summed E-state index contributed by atoms with van der Waals surface area (Å²) in [5.74, 6) is 0.478. The highest BCUT2D eigenvalue weighted by Gasteiger charge is 2.18. The molecule has 0 saturated heterocycles. The van der Waals surface area contributed by atoms with Gasteiger partial charge in [-0.15, -0.1) is 0 Å². The quantitative estimate of drug-likeness (QED) is 0.820. The summed E-state index contributed by atoms with van der Waals surface area (Å²) in [6.45, 7) is 9.47. The first kappa shape index (κ1) is 16.6. The smallest absolute Gasteiger partial charge is 0.254 e. The third-order valence-electron chi connectivity index (χ3n) is 3.12. The maximum Gasteiger partial charge on any atom is 0.254 e. The van der Waals surface area contributed by atoms with Gasteiger partial charge in [-0.3, -0.25) is 4.79 Å². The molecular weight excluding hydrogens is 268 g/mol. The standard InChI is InChI=1S/C16H24N2OS/c1-11(2)10-18(8-7-15(17)20)16(19)14-9-12(3)5-6-13(14)4/h5-6,9,11H,7-8,10H2,1-4H3,(H2,17,20). The van der Waals surface area contributed by atoms with E-state index in [9.17, 15) is 4.79 Å². The zero-order chi connectivity index (χ0) is 15.3. The van der Waals surface area contributed by atoms with Crippen molar-refractivity contribution in [3.8, 4) is 0 Å². The lowest BCUT2D eigenvalue weighted by Crippen LogP contribution is -2.36. The van der Waals surface area contributed by atoms with Crippen LogP contribution >= 0.6 is 12.2 Å². The maximum absolute atomic E-state index is 12.7. The molecule has 3 nitrogen and oxygen atoms in total. The molecule has 1 amide bonds. The molecule has 20 heavy (non-hydrogen) atoms. The molecule has 0 aliphatic heterocycles. The van der Waals surface area contributed by atoms with Gasteiger partial charge in [-0.2, -0.15) is 0 Å². The molecule has 4 heteroatoms. The van der Waals surface area contributed by atoms with Gasteiger partial charge in [0.05, 0.1) is 4.99 Å².